The molecule has 0 fully saturated rings. The predicted octanol–water partition coefficient (Wildman–Crippen LogP) is 1.17. The van der Waals surface area contributed by atoms with Crippen LogP contribution in [0.25, 0.3) is 0 Å². The van der Waals surface area contributed by atoms with Gasteiger partial charge in [-0.05, 0) is 6.42 Å². The number of aldehydes is 1. The number of hydrogen-bond acceptors (Lipinski definition) is 2. The van der Waals surface area contributed by atoms with Crippen LogP contribution in [0.15, 0.2) is 6.20 Å². The SMILES string of the molecule is CCCc1n[nH]cc1C=O. The van der Waals surface area contributed by atoms with Crippen molar-refractivity contribution in [2.45, 2.75) is 19.8 Å². The molecule has 0 aliphatic rings. The summed E-state index contributed by atoms with van der Waals surface area (Å²) in [5.74, 6) is 0. The third-order valence-electron chi connectivity index (χ3n) is 1.37. The Hall–Kier alpha value is -1.12. The van der Waals surface area contributed by atoms with Crippen molar-refractivity contribution >= 4 is 6.29 Å². The number of H-pyrrole nitrogens is 1. The van der Waals surface area contributed by atoms with Crippen molar-refractivity contribution in [3.05, 3.63) is 17.5 Å². The van der Waals surface area contributed by atoms with Gasteiger partial charge in [0, 0.05) is 6.20 Å². The summed E-state index contributed by atoms with van der Waals surface area (Å²) in [7, 11) is 0. The van der Waals surface area contributed by atoms with Crippen LogP contribution in [0.2, 0.25) is 0 Å². The van der Waals surface area contributed by atoms with E-state index in [0.717, 1.165) is 24.8 Å². The van der Waals surface area contributed by atoms with E-state index in [4.69, 9.17) is 0 Å². The molecular weight excluding hydrogens is 128 g/mol. The number of nitrogens with one attached hydrogen (secondary N) is 1. The summed E-state index contributed by atoms with van der Waals surface area (Å²) in [6.45, 7) is 2.06. The summed E-state index contributed by atoms with van der Waals surface area (Å²) in [6.07, 6.45) is 4.34. The number of rotatable bonds is 3. The van der Waals surface area contributed by atoms with Crippen LogP contribution in [0.3, 0.4) is 0 Å². The van der Waals surface area contributed by atoms with Crippen LogP contribution < -0.4 is 0 Å². The van der Waals surface area contributed by atoms with Gasteiger partial charge in [0.05, 0.1) is 11.3 Å². The van der Waals surface area contributed by atoms with Crippen molar-refractivity contribution in [3.8, 4) is 0 Å². The molecule has 3 heteroatoms. The van der Waals surface area contributed by atoms with E-state index in [1.807, 2.05) is 0 Å². The maximum absolute atomic E-state index is 10.3. The normalized spacial score (nSPS) is 9.70. The van der Waals surface area contributed by atoms with Crippen LogP contribution in [0, 0.1) is 0 Å². The van der Waals surface area contributed by atoms with Crippen molar-refractivity contribution < 1.29 is 4.79 Å². The Bertz CT molecular complexity index is 217. The Kier molecular flexibility index (Phi) is 2.20. The zero-order chi connectivity index (χ0) is 7.40. The van der Waals surface area contributed by atoms with Gasteiger partial charge in [-0.3, -0.25) is 9.89 Å². The Morgan fingerprint density at radius 1 is 1.80 bits per heavy atom. The van der Waals surface area contributed by atoms with E-state index in [1.165, 1.54) is 0 Å². The number of aromatic amines is 1. The van der Waals surface area contributed by atoms with Gasteiger partial charge in [-0.15, -0.1) is 0 Å². The summed E-state index contributed by atoms with van der Waals surface area (Å²) >= 11 is 0. The molecule has 0 aromatic carbocycles. The van der Waals surface area contributed by atoms with Crippen LogP contribution >= 0.6 is 0 Å². The Balaban J connectivity index is 2.79. The lowest BCUT2D eigenvalue weighted by atomic mass is 10.2. The van der Waals surface area contributed by atoms with E-state index in [0.29, 0.717) is 5.56 Å². The van der Waals surface area contributed by atoms with Crippen LogP contribution in [-0.2, 0) is 6.42 Å². The third-order valence-corrected chi connectivity index (χ3v) is 1.37. The second-order valence-electron chi connectivity index (χ2n) is 2.16. The quantitative estimate of drug-likeness (QED) is 0.637. The van der Waals surface area contributed by atoms with Crippen molar-refractivity contribution in [3.63, 3.8) is 0 Å². The average Bonchev–Trinajstić information content (AvgIpc) is 2.36. The topological polar surface area (TPSA) is 45.8 Å². The van der Waals surface area contributed by atoms with Crippen LogP contribution in [-0.4, -0.2) is 16.5 Å². The molecular formula is C7H10N2O. The van der Waals surface area contributed by atoms with Gasteiger partial charge in [0.1, 0.15) is 0 Å². The van der Waals surface area contributed by atoms with E-state index >= 15 is 0 Å². The number of aromatic nitrogens is 2. The van der Waals surface area contributed by atoms with Gasteiger partial charge in [-0.25, -0.2) is 0 Å². The first-order chi connectivity index (χ1) is 4.88. The van der Waals surface area contributed by atoms with Gasteiger partial charge in [0.25, 0.3) is 0 Å². The molecule has 0 amide bonds. The minimum atomic E-state index is 0.682. The molecule has 0 aliphatic heterocycles. The Labute approximate surface area is 59.4 Å². The van der Waals surface area contributed by atoms with E-state index in [-0.39, 0.29) is 0 Å². The molecule has 0 radical (unpaired) electrons. The molecule has 0 saturated heterocycles. The second kappa shape index (κ2) is 3.15. The first kappa shape index (κ1) is 6.99. The van der Waals surface area contributed by atoms with E-state index in [1.54, 1.807) is 6.20 Å². The molecule has 0 atom stereocenters. The van der Waals surface area contributed by atoms with Crippen molar-refractivity contribution in [2.75, 3.05) is 0 Å². The molecule has 0 spiro atoms. The zero-order valence-electron chi connectivity index (χ0n) is 5.92. The molecule has 0 aliphatic carbocycles. The minimum absolute atomic E-state index is 0.682. The lowest BCUT2D eigenvalue weighted by Crippen LogP contribution is -1.88. The maximum Gasteiger partial charge on any atom is 0.153 e. The Morgan fingerprint density at radius 2 is 2.60 bits per heavy atom. The zero-order valence-corrected chi connectivity index (χ0v) is 5.92. The monoisotopic (exact) mass is 138 g/mol. The predicted molar refractivity (Wildman–Crippen MR) is 38.0 cm³/mol. The molecule has 10 heavy (non-hydrogen) atoms. The maximum atomic E-state index is 10.3. The van der Waals surface area contributed by atoms with Gasteiger partial charge in [-0.1, -0.05) is 13.3 Å². The number of aryl methyl sites for hydroxylation is 1. The summed E-state index contributed by atoms with van der Waals surface area (Å²) < 4.78 is 0. The molecule has 3 nitrogen and oxygen atoms in total. The smallest absolute Gasteiger partial charge is 0.153 e. The minimum Gasteiger partial charge on any atom is -0.298 e. The van der Waals surface area contributed by atoms with Crippen LogP contribution in [0.5, 0.6) is 0 Å². The van der Waals surface area contributed by atoms with Crippen LogP contribution in [0.4, 0.5) is 0 Å². The average molecular weight is 138 g/mol. The van der Waals surface area contributed by atoms with Gasteiger partial charge in [-0.2, -0.15) is 5.10 Å². The fraction of sp³-hybridized carbons (Fsp3) is 0.429. The number of carbonyl (C=O) groups is 1. The number of nitrogens with zero attached hydrogens (tertiary/aromatic N) is 1. The summed E-state index contributed by atoms with van der Waals surface area (Å²) in [6, 6.07) is 0. The highest BCUT2D eigenvalue weighted by Gasteiger charge is 2.01. The molecule has 0 unspecified atom stereocenters. The summed E-state index contributed by atoms with van der Waals surface area (Å²) in [4.78, 5) is 10.3. The summed E-state index contributed by atoms with van der Waals surface area (Å²) in [5.41, 5.74) is 1.55. The van der Waals surface area contributed by atoms with Gasteiger partial charge in [0.2, 0.25) is 0 Å². The highest BCUT2D eigenvalue weighted by molar-refractivity contribution is 5.75. The van der Waals surface area contributed by atoms with E-state index in [2.05, 4.69) is 17.1 Å². The van der Waals surface area contributed by atoms with E-state index < -0.39 is 0 Å². The Morgan fingerprint density at radius 3 is 3.20 bits per heavy atom. The summed E-state index contributed by atoms with van der Waals surface area (Å²) in [5, 5.41) is 6.57. The molecule has 1 aromatic heterocycles. The lowest BCUT2D eigenvalue weighted by Gasteiger charge is -1.89. The standard InChI is InChI=1S/C7H10N2O/c1-2-3-7-6(5-10)4-8-9-7/h4-5H,2-3H2,1H3,(H,8,9). The largest absolute Gasteiger partial charge is 0.298 e. The fourth-order valence-corrected chi connectivity index (χ4v) is 0.867. The molecule has 1 aromatic rings. The molecule has 54 valence electrons. The highest BCUT2D eigenvalue weighted by Crippen LogP contribution is 2.03. The fourth-order valence-electron chi connectivity index (χ4n) is 0.867. The van der Waals surface area contributed by atoms with Crippen molar-refractivity contribution in [1.82, 2.24) is 10.2 Å². The molecule has 1 rings (SSSR count). The van der Waals surface area contributed by atoms with Crippen molar-refractivity contribution in [1.29, 1.82) is 0 Å². The second-order valence-corrected chi connectivity index (χ2v) is 2.16. The molecule has 1 N–H and O–H groups in total. The molecule has 0 saturated carbocycles. The number of hydrogen-bond donors (Lipinski definition) is 1. The van der Waals surface area contributed by atoms with Gasteiger partial charge >= 0.3 is 0 Å². The molecule has 0 bridgehead atoms. The molecule has 1 heterocycles. The highest BCUT2D eigenvalue weighted by atomic mass is 16.1. The van der Waals surface area contributed by atoms with Gasteiger partial charge in [0.15, 0.2) is 6.29 Å². The third kappa shape index (κ3) is 1.23. The first-order valence-electron chi connectivity index (χ1n) is 3.36. The van der Waals surface area contributed by atoms with E-state index in [9.17, 15) is 4.79 Å². The van der Waals surface area contributed by atoms with Crippen molar-refractivity contribution in [2.24, 2.45) is 0 Å². The first-order valence-corrected chi connectivity index (χ1v) is 3.36. The van der Waals surface area contributed by atoms with Crippen LogP contribution in [0.1, 0.15) is 29.4 Å². The lowest BCUT2D eigenvalue weighted by molar-refractivity contribution is 0.112. The van der Waals surface area contributed by atoms with Gasteiger partial charge < -0.3 is 0 Å². The number of carbonyl (C=O) groups excluding carboxylic acids is 1.